The monoisotopic (exact) mass is 314 g/mol. The van der Waals surface area contributed by atoms with Gasteiger partial charge in [0.2, 0.25) is 4.90 Å². The fourth-order valence-electron chi connectivity index (χ4n) is 2.48. The quantitative estimate of drug-likeness (QED) is 0.717. The zero-order valence-corrected chi connectivity index (χ0v) is 12.9. The van der Waals surface area contributed by atoms with Crippen LogP contribution in [0, 0.1) is 0 Å². The summed E-state index contributed by atoms with van der Waals surface area (Å²) >= 11 is 0. The third kappa shape index (κ3) is 2.21. The van der Waals surface area contributed by atoms with Crippen molar-refractivity contribution in [3.63, 3.8) is 0 Å². The first-order valence-corrected chi connectivity index (χ1v) is 8.67. The third-order valence-electron chi connectivity index (χ3n) is 3.44. The van der Waals surface area contributed by atoms with E-state index in [1.807, 2.05) is 30.3 Å². The smallest absolute Gasteiger partial charge is 0.332 e. The number of fused-ring (bicyclic) bond motifs is 1. The van der Waals surface area contributed by atoms with Crippen molar-refractivity contribution in [2.45, 2.75) is 4.90 Å². The lowest BCUT2D eigenvalue weighted by Gasteiger charge is -2.18. The molecule has 0 aliphatic rings. The molecule has 112 valence electrons. The normalized spacial score (nSPS) is 11.2. The third-order valence-corrected chi connectivity index (χ3v) is 4.62. The van der Waals surface area contributed by atoms with Gasteiger partial charge in [-0.1, -0.05) is 36.4 Å². The Morgan fingerprint density at radius 2 is 1.73 bits per heavy atom. The molecule has 1 N–H and O–H groups in total. The van der Waals surface area contributed by atoms with Crippen molar-refractivity contribution in [1.82, 2.24) is 9.55 Å². The molecule has 0 spiro atoms. The van der Waals surface area contributed by atoms with Crippen molar-refractivity contribution < 1.29 is 5.11 Å². The Morgan fingerprint density at radius 1 is 1.05 bits per heavy atom. The number of nitrogens with zero attached hydrogens (tertiary/aromatic N) is 1. The predicted octanol–water partition coefficient (Wildman–Crippen LogP) is 0.989. The van der Waals surface area contributed by atoms with Crippen LogP contribution < -0.4 is 16.4 Å². The maximum absolute atomic E-state index is 12.6. The maximum atomic E-state index is 12.6. The average Bonchev–Trinajstić information content (AvgIpc) is 2.46. The molecule has 0 saturated carbocycles. The summed E-state index contributed by atoms with van der Waals surface area (Å²) in [5, 5.41) is 14.4. The second-order valence-corrected chi connectivity index (χ2v) is 7.08. The van der Waals surface area contributed by atoms with Crippen LogP contribution in [0.5, 0.6) is 5.88 Å². The number of hydrogen-bond acceptors (Lipinski definition) is 3. The molecular weight excluding hydrogens is 300 g/mol. The van der Waals surface area contributed by atoms with Crippen LogP contribution in [-0.4, -0.2) is 22.1 Å². The highest BCUT2D eigenvalue weighted by atomic mass is 32.2. The Balaban J connectivity index is 2.44. The SMILES string of the molecule is C[S+](C)c1c([O-])n(-c2cccc3ccccc23)c(=O)[nH]c1=O. The second kappa shape index (κ2) is 5.38. The van der Waals surface area contributed by atoms with Crippen LogP contribution in [0.2, 0.25) is 0 Å². The van der Waals surface area contributed by atoms with Gasteiger partial charge in [-0.3, -0.25) is 14.3 Å². The van der Waals surface area contributed by atoms with Gasteiger partial charge in [0.1, 0.15) is 12.5 Å². The van der Waals surface area contributed by atoms with E-state index in [2.05, 4.69) is 4.98 Å². The lowest BCUT2D eigenvalue weighted by atomic mass is 10.1. The first-order valence-electron chi connectivity index (χ1n) is 6.63. The van der Waals surface area contributed by atoms with E-state index >= 15 is 0 Å². The highest BCUT2D eigenvalue weighted by Gasteiger charge is 2.20. The van der Waals surface area contributed by atoms with Crippen LogP contribution in [0.1, 0.15) is 0 Å². The Bertz CT molecular complexity index is 968. The molecule has 0 aliphatic heterocycles. The minimum Gasteiger partial charge on any atom is -0.856 e. The van der Waals surface area contributed by atoms with Gasteiger partial charge in [0.25, 0.3) is 0 Å². The van der Waals surface area contributed by atoms with Gasteiger partial charge in [-0.15, -0.1) is 0 Å². The van der Waals surface area contributed by atoms with Crippen LogP contribution in [0.15, 0.2) is 56.9 Å². The van der Waals surface area contributed by atoms with E-state index in [0.29, 0.717) is 5.69 Å². The molecule has 1 aromatic heterocycles. The molecule has 3 aromatic rings. The van der Waals surface area contributed by atoms with Gasteiger partial charge in [0.15, 0.2) is 0 Å². The summed E-state index contributed by atoms with van der Waals surface area (Å²) in [6.07, 6.45) is 3.56. The molecule has 5 nitrogen and oxygen atoms in total. The van der Waals surface area contributed by atoms with Crippen molar-refractivity contribution in [3.8, 4) is 11.6 Å². The Hall–Kier alpha value is -2.47. The minimum atomic E-state index is -0.708. The largest absolute Gasteiger partial charge is 0.856 e. The predicted molar refractivity (Wildman–Crippen MR) is 87.1 cm³/mol. The Morgan fingerprint density at radius 3 is 2.45 bits per heavy atom. The van der Waals surface area contributed by atoms with Gasteiger partial charge in [-0.05, 0) is 11.5 Å². The molecular formula is C16H14N2O3S. The number of hydrogen-bond donors (Lipinski definition) is 1. The number of nitrogens with one attached hydrogen (secondary N) is 1. The van der Waals surface area contributed by atoms with Crippen LogP contribution in [-0.2, 0) is 10.9 Å². The van der Waals surface area contributed by atoms with E-state index < -0.39 is 28.0 Å². The van der Waals surface area contributed by atoms with Gasteiger partial charge >= 0.3 is 11.2 Å². The summed E-state index contributed by atoms with van der Waals surface area (Å²) in [6, 6.07) is 12.9. The van der Waals surface area contributed by atoms with E-state index in [0.717, 1.165) is 15.3 Å². The van der Waals surface area contributed by atoms with Crippen molar-refractivity contribution in [3.05, 3.63) is 63.3 Å². The van der Waals surface area contributed by atoms with Crippen LogP contribution >= 0.6 is 0 Å². The van der Waals surface area contributed by atoms with Gasteiger partial charge in [0.05, 0.1) is 5.69 Å². The lowest BCUT2D eigenvalue weighted by Crippen LogP contribution is -2.35. The molecule has 3 rings (SSSR count). The topological polar surface area (TPSA) is 77.9 Å². The number of aromatic nitrogens is 2. The number of rotatable bonds is 2. The fraction of sp³-hybridized carbons (Fsp3) is 0.125. The number of benzene rings is 2. The number of H-pyrrole nitrogens is 1. The number of aromatic amines is 1. The van der Waals surface area contributed by atoms with Crippen molar-refractivity contribution >= 4 is 21.7 Å². The molecule has 0 aliphatic carbocycles. The van der Waals surface area contributed by atoms with Crippen LogP contribution in [0.4, 0.5) is 0 Å². The van der Waals surface area contributed by atoms with Crippen molar-refractivity contribution in [2.24, 2.45) is 0 Å². The highest BCUT2D eigenvalue weighted by molar-refractivity contribution is 7.95. The molecule has 0 atom stereocenters. The summed E-state index contributed by atoms with van der Waals surface area (Å²) in [5.74, 6) is -0.543. The van der Waals surface area contributed by atoms with E-state index in [1.165, 1.54) is 0 Å². The van der Waals surface area contributed by atoms with E-state index in [4.69, 9.17) is 0 Å². The van der Waals surface area contributed by atoms with Crippen molar-refractivity contribution in [1.29, 1.82) is 0 Å². The maximum Gasteiger partial charge on any atom is 0.332 e. The van der Waals surface area contributed by atoms with Gasteiger partial charge in [0, 0.05) is 22.2 Å². The summed E-state index contributed by atoms with van der Waals surface area (Å²) in [5.41, 5.74) is -0.823. The minimum absolute atomic E-state index is 0.118. The molecule has 6 heteroatoms. The first-order chi connectivity index (χ1) is 10.5. The Labute approximate surface area is 129 Å². The highest BCUT2D eigenvalue weighted by Crippen LogP contribution is 2.24. The second-order valence-electron chi connectivity index (χ2n) is 5.04. The summed E-state index contributed by atoms with van der Waals surface area (Å²) in [4.78, 5) is 26.4. The first kappa shape index (κ1) is 14.5. The van der Waals surface area contributed by atoms with Gasteiger partial charge in [-0.2, -0.15) is 0 Å². The molecule has 22 heavy (non-hydrogen) atoms. The summed E-state index contributed by atoms with van der Waals surface area (Å²) < 4.78 is 1.05. The standard InChI is InChI=1S/C16H14N2O3S/c1-22(2)13-14(19)17-16(21)18(15(13)20)12-9-5-7-10-6-3-4-8-11(10)12/h3-9H,1-2H3,(H-,17,19,20,21). The molecule has 0 unspecified atom stereocenters. The van der Waals surface area contributed by atoms with E-state index in [-0.39, 0.29) is 4.90 Å². The van der Waals surface area contributed by atoms with E-state index in [9.17, 15) is 14.7 Å². The van der Waals surface area contributed by atoms with Gasteiger partial charge in [-0.25, -0.2) is 4.79 Å². The summed E-state index contributed by atoms with van der Waals surface area (Å²) in [6.45, 7) is 0. The molecule has 0 fully saturated rings. The summed E-state index contributed by atoms with van der Waals surface area (Å²) in [7, 11) is -0.544. The van der Waals surface area contributed by atoms with Gasteiger partial charge < -0.3 is 5.11 Å². The van der Waals surface area contributed by atoms with Crippen molar-refractivity contribution in [2.75, 3.05) is 12.5 Å². The van der Waals surface area contributed by atoms with Crippen LogP contribution in [0.25, 0.3) is 16.5 Å². The van der Waals surface area contributed by atoms with Crippen LogP contribution in [0.3, 0.4) is 0 Å². The molecule has 2 aromatic carbocycles. The molecule has 1 heterocycles. The molecule has 0 bridgehead atoms. The fourth-order valence-corrected chi connectivity index (χ4v) is 3.35. The zero-order valence-electron chi connectivity index (χ0n) is 12.1. The zero-order chi connectivity index (χ0) is 15.9. The average molecular weight is 314 g/mol. The molecule has 0 amide bonds. The van der Waals surface area contributed by atoms with E-state index in [1.54, 1.807) is 24.6 Å². The molecule has 0 saturated heterocycles. The Kier molecular flexibility index (Phi) is 3.54. The molecule has 0 radical (unpaired) electrons. The lowest BCUT2D eigenvalue weighted by molar-refractivity contribution is -0.282.